The standard InChI is InChI=1S/C8H11N5S/c1-13-4-6(3-10-13)8(9)2-7-5-14-12-11-7/h3-5,8H,2,9H2,1H3. The van der Waals surface area contributed by atoms with Gasteiger partial charge in [-0.05, 0) is 11.5 Å². The highest BCUT2D eigenvalue weighted by Gasteiger charge is 2.10. The summed E-state index contributed by atoms with van der Waals surface area (Å²) in [7, 11) is 1.88. The van der Waals surface area contributed by atoms with Crippen molar-refractivity contribution in [2.24, 2.45) is 12.8 Å². The summed E-state index contributed by atoms with van der Waals surface area (Å²) in [5, 5.41) is 9.93. The summed E-state index contributed by atoms with van der Waals surface area (Å²) in [6, 6.07) is -0.0485. The Morgan fingerprint density at radius 1 is 1.64 bits per heavy atom. The molecule has 0 aliphatic heterocycles. The zero-order chi connectivity index (χ0) is 9.97. The quantitative estimate of drug-likeness (QED) is 0.799. The van der Waals surface area contributed by atoms with Crippen molar-refractivity contribution < 1.29 is 0 Å². The highest BCUT2D eigenvalue weighted by atomic mass is 32.1. The van der Waals surface area contributed by atoms with Gasteiger partial charge in [0, 0.05) is 36.7 Å². The lowest BCUT2D eigenvalue weighted by molar-refractivity contribution is 0.701. The van der Waals surface area contributed by atoms with E-state index >= 15 is 0 Å². The first kappa shape index (κ1) is 9.29. The Kier molecular flexibility index (Phi) is 2.55. The predicted molar refractivity (Wildman–Crippen MR) is 53.7 cm³/mol. The van der Waals surface area contributed by atoms with Gasteiger partial charge in [-0.3, -0.25) is 4.68 Å². The molecule has 1 atom stereocenters. The fourth-order valence-electron chi connectivity index (χ4n) is 1.25. The van der Waals surface area contributed by atoms with E-state index in [2.05, 4.69) is 14.7 Å². The molecular formula is C8H11N5S. The van der Waals surface area contributed by atoms with Crippen molar-refractivity contribution in [1.29, 1.82) is 0 Å². The number of aryl methyl sites for hydroxylation is 1. The van der Waals surface area contributed by atoms with E-state index in [1.165, 1.54) is 11.5 Å². The topological polar surface area (TPSA) is 69.6 Å². The average molecular weight is 209 g/mol. The number of rotatable bonds is 3. The summed E-state index contributed by atoms with van der Waals surface area (Å²) in [6.45, 7) is 0. The van der Waals surface area contributed by atoms with Crippen LogP contribution in [-0.4, -0.2) is 19.4 Å². The van der Waals surface area contributed by atoms with Gasteiger partial charge in [0.1, 0.15) is 0 Å². The maximum absolute atomic E-state index is 5.98. The number of hydrogen-bond acceptors (Lipinski definition) is 5. The van der Waals surface area contributed by atoms with E-state index in [4.69, 9.17) is 5.73 Å². The van der Waals surface area contributed by atoms with Crippen LogP contribution in [0.4, 0.5) is 0 Å². The normalized spacial score (nSPS) is 13.0. The molecule has 0 radical (unpaired) electrons. The molecule has 2 N–H and O–H groups in total. The molecule has 14 heavy (non-hydrogen) atoms. The molecule has 74 valence electrons. The van der Waals surface area contributed by atoms with Gasteiger partial charge in [-0.1, -0.05) is 4.49 Å². The molecule has 0 amide bonds. The lowest BCUT2D eigenvalue weighted by Gasteiger charge is -2.05. The van der Waals surface area contributed by atoms with Gasteiger partial charge in [0.05, 0.1) is 11.9 Å². The van der Waals surface area contributed by atoms with Crippen molar-refractivity contribution >= 4 is 11.5 Å². The minimum atomic E-state index is -0.0485. The van der Waals surface area contributed by atoms with Crippen LogP contribution in [0.5, 0.6) is 0 Å². The molecule has 0 saturated carbocycles. The fourth-order valence-corrected chi connectivity index (χ4v) is 1.71. The third kappa shape index (κ3) is 1.97. The Morgan fingerprint density at radius 3 is 3.07 bits per heavy atom. The maximum Gasteiger partial charge on any atom is 0.0774 e. The van der Waals surface area contributed by atoms with Gasteiger partial charge in [-0.15, -0.1) is 5.10 Å². The molecule has 2 heterocycles. The summed E-state index contributed by atoms with van der Waals surface area (Å²) < 4.78 is 5.53. The van der Waals surface area contributed by atoms with Gasteiger partial charge in [0.25, 0.3) is 0 Å². The Morgan fingerprint density at radius 2 is 2.50 bits per heavy atom. The third-order valence-electron chi connectivity index (χ3n) is 1.99. The van der Waals surface area contributed by atoms with Crippen molar-refractivity contribution in [3.63, 3.8) is 0 Å². The predicted octanol–water partition coefficient (Wildman–Crippen LogP) is 0.514. The SMILES string of the molecule is Cn1cc(C(N)Cc2csnn2)cn1. The first-order valence-electron chi connectivity index (χ1n) is 4.26. The largest absolute Gasteiger partial charge is 0.324 e. The Bertz CT molecular complexity index is 394. The van der Waals surface area contributed by atoms with Crippen LogP contribution < -0.4 is 5.73 Å². The molecule has 2 aromatic heterocycles. The molecule has 6 heteroatoms. The van der Waals surface area contributed by atoms with Gasteiger partial charge in [-0.2, -0.15) is 5.10 Å². The van der Waals surface area contributed by atoms with Crippen LogP contribution in [0.25, 0.3) is 0 Å². The van der Waals surface area contributed by atoms with E-state index in [-0.39, 0.29) is 6.04 Å². The minimum absolute atomic E-state index is 0.0485. The second kappa shape index (κ2) is 3.85. The molecule has 2 rings (SSSR count). The summed E-state index contributed by atoms with van der Waals surface area (Å²) in [5.74, 6) is 0. The molecule has 0 spiro atoms. The highest BCUT2D eigenvalue weighted by molar-refractivity contribution is 7.03. The summed E-state index contributed by atoms with van der Waals surface area (Å²) in [6.07, 6.45) is 4.41. The summed E-state index contributed by atoms with van der Waals surface area (Å²) in [5.41, 5.74) is 7.95. The minimum Gasteiger partial charge on any atom is -0.324 e. The van der Waals surface area contributed by atoms with E-state index in [1.54, 1.807) is 10.9 Å². The molecule has 5 nitrogen and oxygen atoms in total. The van der Waals surface area contributed by atoms with Crippen LogP contribution in [0.2, 0.25) is 0 Å². The molecule has 1 unspecified atom stereocenters. The fraction of sp³-hybridized carbons (Fsp3) is 0.375. The van der Waals surface area contributed by atoms with Gasteiger partial charge in [0.2, 0.25) is 0 Å². The van der Waals surface area contributed by atoms with Crippen LogP contribution in [-0.2, 0) is 13.5 Å². The van der Waals surface area contributed by atoms with Gasteiger partial charge < -0.3 is 5.73 Å². The summed E-state index contributed by atoms with van der Waals surface area (Å²) >= 11 is 1.34. The lowest BCUT2D eigenvalue weighted by atomic mass is 10.1. The van der Waals surface area contributed by atoms with Crippen LogP contribution in [0, 0.1) is 0 Å². The van der Waals surface area contributed by atoms with Crippen molar-refractivity contribution in [1.82, 2.24) is 19.4 Å². The Hall–Kier alpha value is -1.27. The Labute approximate surface area is 85.7 Å². The second-order valence-corrected chi connectivity index (χ2v) is 3.76. The molecule has 0 aliphatic carbocycles. The molecular weight excluding hydrogens is 198 g/mol. The average Bonchev–Trinajstić information content (AvgIpc) is 2.75. The first-order chi connectivity index (χ1) is 6.75. The molecule has 0 bridgehead atoms. The van der Waals surface area contributed by atoms with E-state index < -0.39 is 0 Å². The molecule has 0 fully saturated rings. The third-order valence-corrected chi connectivity index (χ3v) is 2.54. The van der Waals surface area contributed by atoms with Gasteiger partial charge in [-0.25, -0.2) is 0 Å². The maximum atomic E-state index is 5.98. The number of hydrogen-bond donors (Lipinski definition) is 1. The van der Waals surface area contributed by atoms with E-state index in [9.17, 15) is 0 Å². The van der Waals surface area contributed by atoms with Crippen molar-refractivity contribution in [2.75, 3.05) is 0 Å². The first-order valence-corrected chi connectivity index (χ1v) is 5.09. The van der Waals surface area contributed by atoms with Crippen LogP contribution in [0.3, 0.4) is 0 Å². The number of aromatic nitrogens is 4. The van der Waals surface area contributed by atoms with E-state index in [0.29, 0.717) is 6.42 Å². The van der Waals surface area contributed by atoms with Gasteiger partial charge in [0.15, 0.2) is 0 Å². The van der Waals surface area contributed by atoms with Crippen LogP contribution in [0.1, 0.15) is 17.3 Å². The van der Waals surface area contributed by atoms with Crippen molar-refractivity contribution in [2.45, 2.75) is 12.5 Å². The van der Waals surface area contributed by atoms with Crippen LogP contribution >= 0.6 is 11.5 Å². The highest BCUT2D eigenvalue weighted by Crippen LogP contribution is 2.13. The summed E-state index contributed by atoms with van der Waals surface area (Å²) in [4.78, 5) is 0. The van der Waals surface area contributed by atoms with Gasteiger partial charge >= 0.3 is 0 Å². The molecule has 2 aromatic rings. The van der Waals surface area contributed by atoms with E-state index in [1.807, 2.05) is 18.6 Å². The molecule has 0 aromatic carbocycles. The van der Waals surface area contributed by atoms with Crippen LogP contribution in [0.15, 0.2) is 17.8 Å². The van der Waals surface area contributed by atoms with Crippen molar-refractivity contribution in [3.05, 3.63) is 29.0 Å². The molecule has 0 saturated heterocycles. The second-order valence-electron chi connectivity index (χ2n) is 3.15. The monoisotopic (exact) mass is 209 g/mol. The zero-order valence-electron chi connectivity index (χ0n) is 7.79. The van der Waals surface area contributed by atoms with Crippen molar-refractivity contribution in [3.8, 4) is 0 Å². The lowest BCUT2D eigenvalue weighted by Crippen LogP contribution is -2.12. The number of nitrogens with two attached hydrogens (primary N) is 1. The van der Waals surface area contributed by atoms with E-state index in [0.717, 1.165) is 11.3 Å². The number of nitrogens with zero attached hydrogens (tertiary/aromatic N) is 4. The Balaban J connectivity index is 2.06. The molecule has 0 aliphatic rings. The smallest absolute Gasteiger partial charge is 0.0774 e. The zero-order valence-corrected chi connectivity index (χ0v) is 8.61.